The van der Waals surface area contributed by atoms with Crippen LogP contribution in [-0.4, -0.2) is 27.7 Å². The summed E-state index contributed by atoms with van der Waals surface area (Å²) in [6, 6.07) is 12.1. The molecule has 1 aliphatic rings. The van der Waals surface area contributed by atoms with Crippen LogP contribution in [0.15, 0.2) is 47.0 Å². The lowest BCUT2D eigenvalue weighted by Gasteiger charge is -2.22. The van der Waals surface area contributed by atoms with Crippen LogP contribution in [0.1, 0.15) is 12.8 Å². The van der Waals surface area contributed by atoms with Crippen LogP contribution >= 0.6 is 0 Å². The standard InChI is InChI=1S/C19H18N6O/c20-17-2-1-7-25(17)18-10-22-13-5-3-11(8-14(13)23-18)12-4-6-16-15(9-12)24-19(21)26-16/h3-6,8-10,17H,1-2,7,20H2,(H2,21,24). The number of nitrogens with two attached hydrogens (primary N) is 2. The number of fused-ring (bicyclic) bond motifs is 2. The third-order valence-electron chi connectivity index (χ3n) is 4.86. The second-order valence-electron chi connectivity index (χ2n) is 6.57. The van der Waals surface area contributed by atoms with Gasteiger partial charge in [-0.3, -0.25) is 4.98 Å². The lowest BCUT2D eigenvalue weighted by atomic mass is 10.0. The van der Waals surface area contributed by atoms with Gasteiger partial charge in [0, 0.05) is 6.54 Å². The topological polar surface area (TPSA) is 107 Å². The summed E-state index contributed by atoms with van der Waals surface area (Å²) >= 11 is 0. The molecule has 1 fully saturated rings. The number of nitrogens with zero attached hydrogens (tertiary/aromatic N) is 4. The molecule has 1 unspecified atom stereocenters. The van der Waals surface area contributed by atoms with Crippen LogP contribution < -0.4 is 16.4 Å². The predicted molar refractivity (Wildman–Crippen MR) is 102 cm³/mol. The molecule has 3 heterocycles. The minimum absolute atomic E-state index is 0.0185. The molecule has 0 saturated carbocycles. The van der Waals surface area contributed by atoms with Crippen molar-refractivity contribution < 1.29 is 4.42 Å². The Morgan fingerprint density at radius 2 is 1.81 bits per heavy atom. The van der Waals surface area contributed by atoms with Crippen LogP contribution in [0, 0.1) is 0 Å². The van der Waals surface area contributed by atoms with Crippen LogP contribution in [0.4, 0.5) is 11.8 Å². The molecule has 0 aliphatic carbocycles. The van der Waals surface area contributed by atoms with Crippen molar-refractivity contribution in [2.24, 2.45) is 5.73 Å². The summed E-state index contributed by atoms with van der Waals surface area (Å²) in [4.78, 5) is 15.6. The summed E-state index contributed by atoms with van der Waals surface area (Å²) in [7, 11) is 0. The van der Waals surface area contributed by atoms with E-state index in [1.165, 1.54) is 0 Å². The molecule has 26 heavy (non-hydrogen) atoms. The molecular weight excluding hydrogens is 328 g/mol. The van der Waals surface area contributed by atoms with Crippen molar-refractivity contribution in [2.75, 3.05) is 17.2 Å². The highest BCUT2D eigenvalue weighted by Gasteiger charge is 2.22. The largest absolute Gasteiger partial charge is 0.424 e. The zero-order chi connectivity index (χ0) is 17.7. The predicted octanol–water partition coefficient (Wildman–Crippen LogP) is 2.91. The van der Waals surface area contributed by atoms with Gasteiger partial charge in [-0.2, -0.15) is 4.98 Å². The van der Waals surface area contributed by atoms with Crippen molar-refractivity contribution in [3.8, 4) is 11.1 Å². The Kier molecular flexibility index (Phi) is 3.29. The van der Waals surface area contributed by atoms with E-state index in [1.54, 1.807) is 6.20 Å². The van der Waals surface area contributed by atoms with Crippen molar-refractivity contribution in [3.05, 3.63) is 42.6 Å². The molecule has 5 rings (SSSR count). The lowest BCUT2D eigenvalue weighted by Crippen LogP contribution is -2.37. The van der Waals surface area contributed by atoms with Gasteiger partial charge >= 0.3 is 0 Å². The van der Waals surface area contributed by atoms with E-state index in [9.17, 15) is 0 Å². The summed E-state index contributed by atoms with van der Waals surface area (Å²) < 4.78 is 5.34. The first-order valence-corrected chi connectivity index (χ1v) is 8.63. The van der Waals surface area contributed by atoms with Crippen LogP contribution in [0.5, 0.6) is 0 Å². The summed E-state index contributed by atoms with van der Waals surface area (Å²) in [6.07, 6.45) is 3.89. The third-order valence-corrected chi connectivity index (χ3v) is 4.86. The van der Waals surface area contributed by atoms with Crippen LogP contribution in [0.25, 0.3) is 33.3 Å². The summed E-state index contributed by atoms with van der Waals surface area (Å²) in [5, 5.41) is 0. The van der Waals surface area contributed by atoms with Gasteiger partial charge in [0.1, 0.15) is 11.3 Å². The molecule has 0 radical (unpaired) electrons. The first kappa shape index (κ1) is 15.1. The molecular formula is C19H18N6O. The van der Waals surface area contributed by atoms with Gasteiger partial charge in [-0.25, -0.2) is 4.98 Å². The summed E-state index contributed by atoms with van der Waals surface area (Å²) in [5.74, 6) is 0.833. The highest BCUT2D eigenvalue weighted by atomic mass is 16.4. The zero-order valence-electron chi connectivity index (χ0n) is 14.1. The molecule has 1 saturated heterocycles. The van der Waals surface area contributed by atoms with Gasteiger partial charge in [0.25, 0.3) is 6.01 Å². The lowest BCUT2D eigenvalue weighted by molar-refractivity contribution is 0.626. The van der Waals surface area contributed by atoms with E-state index in [2.05, 4.69) is 14.9 Å². The molecule has 7 nitrogen and oxygen atoms in total. The van der Waals surface area contributed by atoms with Gasteiger partial charge in [-0.15, -0.1) is 0 Å². The fraction of sp³-hybridized carbons (Fsp3) is 0.211. The molecule has 4 aromatic rings. The molecule has 4 N–H and O–H groups in total. The number of hydrogen-bond donors (Lipinski definition) is 2. The van der Waals surface area contributed by atoms with E-state index in [0.29, 0.717) is 5.58 Å². The third kappa shape index (κ3) is 2.44. The molecule has 1 aliphatic heterocycles. The van der Waals surface area contributed by atoms with E-state index < -0.39 is 0 Å². The van der Waals surface area contributed by atoms with Gasteiger partial charge in [0.15, 0.2) is 5.58 Å². The van der Waals surface area contributed by atoms with Crippen LogP contribution in [0.2, 0.25) is 0 Å². The summed E-state index contributed by atoms with van der Waals surface area (Å²) in [6.45, 7) is 0.922. The van der Waals surface area contributed by atoms with Crippen molar-refractivity contribution in [3.63, 3.8) is 0 Å². The highest BCUT2D eigenvalue weighted by Crippen LogP contribution is 2.28. The molecule has 0 bridgehead atoms. The fourth-order valence-corrected chi connectivity index (χ4v) is 3.52. The zero-order valence-corrected chi connectivity index (χ0v) is 14.1. The average Bonchev–Trinajstić information content (AvgIpc) is 3.24. The quantitative estimate of drug-likeness (QED) is 0.574. The molecule has 1 atom stereocenters. The average molecular weight is 346 g/mol. The highest BCUT2D eigenvalue weighted by molar-refractivity contribution is 5.86. The Bertz CT molecular complexity index is 1120. The van der Waals surface area contributed by atoms with Gasteiger partial charge in [0.05, 0.1) is 23.4 Å². The normalized spacial score (nSPS) is 17.4. The molecule has 2 aromatic heterocycles. The maximum atomic E-state index is 6.16. The maximum Gasteiger partial charge on any atom is 0.292 e. The first-order valence-electron chi connectivity index (χ1n) is 8.63. The molecule has 0 amide bonds. The van der Waals surface area contributed by atoms with E-state index in [0.717, 1.165) is 52.9 Å². The van der Waals surface area contributed by atoms with Gasteiger partial charge < -0.3 is 20.8 Å². The number of benzene rings is 2. The maximum absolute atomic E-state index is 6.16. The van der Waals surface area contributed by atoms with Gasteiger partial charge in [-0.1, -0.05) is 12.1 Å². The van der Waals surface area contributed by atoms with Crippen molar-refractivity contribution in [1.82, 2.24) is 15.0 Å². The second-order valence-corrected chi connectivity index (χ2v) is 6.57. The molecule has 7 heteroatoms. The Morgan fingerprint density at radius 3 is 2.62 bits per heavy atom. The summed E-state index contributed by atoms with van der Waals surface area (Å²) in [5.41, 5.74) is 17.0. The van der Waals surface area contributed by atoms with E-state index in [4.69, 9.17) is 20.9 Å². The number of hydrogen-bond acceptors (Lipinski definition) is 7. The van der Waals surface area contributed by atoms with Crippen molar-refractivity contribution >= 4 is 34.0 Å². The van der Waals surface area contributed by atoms with E-state index >= 15 is 0 Å². The Balaban J connectivity index is 1.58. The molecule has 0 spiro atoms. The van der Waals surface area contributed by atoms with Crippen molar-refractivity contribution in [1.29, 1.82) is 0 Å². The van der Waals surface area contributed by atoms with Crippen LogP contribution in [-0.2, 0) is 0 Å². The monoisotopic (exact) mass is 346 g/mol. The second kappa shape index (κ2) is 5.67. The Labute approximate surface area is 149 Å². The number of aromatic nitrogens is 3. The number of rotatable bonds is 2. The number of nitrogen functional groups attached to an aromatic ring is 1. The smallest absolute Gasteiger partial charge is 0.292 e. The minimum atomic E-state index is 0.0185. The number of anilines is 2. The number of oxazole rings is 1. The SMILES string of the molecule is Nc1nc2cc(-c3ccc4ncc(N5CCCC5N)nc4c3)ccc2o1. The van der Waals surface area contributed by atoms with Gasteiger partial charge in [-0.05, 0) is 48.2 Å². The van der Waals surface area contributed by atoms with E-state index in [-0.39, 0.29) is 12.2 Å². The first-order chi connectivity index (χ1) is 12.7. The minimum Gasteiger partial charge on any atom is -0.424 e. The van der Waals surface area contributed by atoms with Crippen LogP contribution in [0.3, 0.4) is 0 Å². The van der Waals surface area contributed by atoms with E-state index in [1.807, 2.05) is 36.4 Å². The fourth-order valence-electron chi connectivity index (χ4n) is 3.52. The Hall–Kier alpha value is -3.19. The molecule has 2 aromatic carbocycles. The van der Waals surface area contributed by atoms with Crippen molar-refractivity contribution in [2.45, 2.75) is 19.0 Å². The van der Waals surface area contributed by atoms with Gasteiger partial charge in [0.2, 0.25) is 0 Å². The molecule has 130 valence electrons. The Morgan fingerprint density at radius 1 is 1.00 bits per heavy atom.